The minimum atomic E-state index is -1.15. The van der Waals surface area contributed by atoms with Gasteiger partial charge in [0.15, 0.2) is 11.4 Å². The summed E-state index contributed by atoms with van der Waals surface area (Å²) in [5.41, 5.74) is -0.108. The highest BCUT2D eigenvalue weighted by molar-refractivity contribution is 6.02. The van der Waals surface area contributed by atoms with Crippen molar-refractivity contribution in [3.8, 4) is 0 Å². The van der Waals surface area contributed by atoms with Gasteiger partial charge in [0.2, 0.25) is 0 Å². The van der Waals surface area contributed by atoms with Gasteiger partial charge in [-0.1, -0.05) is 6.42 Å². The molecule has 1 amide bonds. The van der Waals surface area contributed by atoms with Crippen LogP contribution in [0.15, 0.2) is 6.33 Å². The van der Waals surface area contributed by atoms with Crippen molar-refractivity contribution >= 4 is 11.9 Å². The van der Waals surface area contributed by atoms with E-state index in [9.17, 15) is 9.59 Å². The maximum Gasteiger partial charge on any atom is 0.354 e. The lowest BCUT2D eigenvalue weighted by Crippen LogP contribution is -2.56. The standard InChI is InChI=1S/C13H18N4O3/c18-12(10-11(13(19)20)15-8-14-10)17-6-5-16-4-2-1-3-9(16)7-17/h8-9H,1-7H2,(H,14,15)(H,19,20). The summed E-state index contributed by atoms with van der Waals surface area (Å²) >= 11 is 0. The maximum absolute atomic E-state index is 12.4. The lowest BCUT2D eigenvalue weighted by atomic mass is 9.99. The summed E-state index contributed by atoms with van der Waals surface area (Å²) in [4.78, 5) is 34.0. The Kier molecular flexibility index (Phi) is 3.43. The molecule has 0 saturated carbocycles. The van der Waals surface area contributed by atoms with Crippen LogP contribution in [0.25, 0.3) is 0 Å². The van der Waals surface area contributed by atoms with E-state index in [0.29, 0.717) is 19.1 Å². The van der Waals surface area contributed by atoms with E-state index in [2.05, 4.69) is 14.9 Å². The zero-order valence-electron chi connectivity index (χ0n) is 11.2. The second-order valence-electron chi connectivity index (χ2n) is 5.37. The first-order chi connectivity index (χ1) is 9.66. The first-order valence-electron chi connectivity index (χ1n) is 6.97. The van der Waals surface area contributed by atoms with E-state index in [-0.39, 0.29) is 17.3 Å². The van der Waals surface area contributed by atoms with Crippen molar-refractivity contribution < 1.29 is 14.7 Å². The van der Waals surface area contributed by atoms with Gasteiger partial charge in [-0.2, -0.15) is 0 Å². The quantitative estimate of drug-likeness (QED) is 0.818. The van der Waals surface area contributed by atoms with Crippen LogP contribution in [0.4, 0.5) is 0 Å². The van der Waals surface area contributed by atoms with E-state index in [1.807, 2.05) is 0 Å². The normalized spacial score (nSPS) is 23.4. The van der Waals surface area contributed by atoms with Crippen molar-refractivity contribution in [1.29, 1.82) is 0 Å². The third-order valence-electron chi connectivity index (χ3n) is 4.18. The number of carboxylic acid groups (broad SMARTS) is 1. The van der Waals surface area contributed by atoms with Crippen LogP contribution in [0, 0.1) is 0 Å². The summed E-state index contributed by atoms with van der Waals surface area (Å²) < 4.78 is 0. The highest BCUT2D eigenvalue weighted by atomic mass is 16.4. The first-order valence-corrected chi connectivity index (χ1v) is 6.97. The molecule has 2 aliphatic heterocycles. The topological polar surface area (TPSA) is 89.5 Å². The predicted octanol–water partition coefficient (Wildman–Crippen LogP) is 0.418. The van der Waals surface area contributed by atoms with E-state index >= 15 is 0 Å². The van der Waals surface area contributed by atoms with Crippen LogP contribution >= 0.6 is 0 Å². The number of hydrogen-bond donors (Lipinski definition) is 2. The highest BCUT2D eigenvalue weighted by Crippen LogP contribution is 2.22. The van der Waals surface area contributed by atoms with E-state index in [1.54, 1.807) is 4.90 Å². The molecule has 0 radical (unpaired) electrons. The van der Waals surface area contributed by atoms with E-state index < -0.39 is 5.97 Å². The summed E-state index contributed by atoms with van der Waals surface area (Å²) in [6.07, 6.45) is 4.79. The zero-order chi connectivity index (χ0) is 14.1. The number of piperidine rings is 1. The number of H-pyrrole nitrogens is 1. The molecule has 3 rings (SSSR count). The van der Waals surface area contributed by atoms with Crippen molar-refractivity contribution in [3.63, 3.8) is 0 Å². The van der Waals surface area contributed by atoms with Gasteiger partial charge in [0, 0.05) is 25.7 Å². The number of carbonyl (C=O) groups is 2. The second-order valence-corrected chi connectivity index (χ2v) is 5.37. The Bertz CT molecular complexity index is 527. The van der Waals surface area contributed by atoms with Crippen LogP contribution in [-0.4, -0.2) is 69.0 Å². The fraction of sp³-hybridized carbons (Fsp3) is 0.615. The molecule has 1 atom stereocenters. The Balaban J connectivity index is 1.74. The highest BCUT2D eigenvalue weighted by Gasteiger charge is 2.33. The number of amides is 1. The smallest absolute Gasteiger partial charge is 0.354 e. The molecule has 0 aromatic carbocycles. The van der Waals surface area contributed by atoms with Crippen molar-refractivity contribution in [2.75, 3.05) is 26.2 Å². The lowest BCUT2D eigenvalue weighted by molar-refractivity contribution is 0.0365. The molecule has 0 spiro atoms. The monoisotopic (exact) mass is 278 g/mol. The number of piperazine rings is 1. The number of fused-ring (bicyclic) bond motifs is 1. The molecule has 20 heavy (non-hydrogen) atoms. The Morgan fingerprint density at radius 3 is 2.95 bits per heavy atom. The Hall–Kier alpha value is -1.89. The van der Waals surface area contributed by atoms with Crippen LogP contribution in [0.1, 0.15) is 40.2 Å². The van der Waals surface area contributed by atoms with Crippen molar-refractivity contribution in [2.24, 2.45) is 0 Å². The zero-order valence-corrected chi connectivity index (χ0v) is 11.2. The number of nitrogens with one attached hydrogen (secondary N) is 1. The molecule has 1 unspecified atom stereocenters. The molecule has 1 aromatic rings. The number of rotatable bonds is 2. The summed E-state index contributed by atoms with van der Waals surface area (Å²) in [6.45, 7) is 3.28. The summed E-state index contributed by atoms with van der Waals surface area (Å²) in [5, 5.41) is 9.04. The van der Waals surface area contributed by atoms with Gasteiger partial charge in [0.05, 0.1) is 6.33 Å². The van der Waals surface area contributed by atoms with Gasteiger partial charge in [0.25, 0.3) is 5.91 Å². The van der Waals surface area contributed by atoms with E-state index in [1.165, 1.54) is 19.2 Å². The maximum atomic E-state index is 12.4. The second kappa shape index (κ2) is 5.24. The third kappa shape index (κ3) is 2.29. The third-order valence-corrected chi connectivity index (χ3v) is 4.18. The molecular weight excluding hydrogens is 260 g/mol. The number of aromatic carboxylic acids is 1. The molecular formula is C13H18N4O3. The largest absolute Gasteiger partial charge is 0.477 e. The molecule has 2 aliphatic rings. The molecule has 2 fully saturated rings. The summed E-state index contributed by atoms with van der Waals surface area (Å²) in [6, 6.07) is 0.411. The van der Waals surface area contributed by atoms with Crippen LogP contribution in [0.3, 0.4) is 0 Å². The minimum Gasteiger partial charge on any atom is -0.477 e. The molecule has 2 saturated heterocycles. The van der Waals surface area contributed by atoms with Gasteiger partial charge in [-0.3, -0.25) is 9.69 Å². The number of aromatic amines is 1. The van der Waals surface area contributed by atoms with Gasteiger partial charge >= 0.3 is 5.97 Å². The molecule has 0 bridgehead atoms. The first kappa shape index (κ1) is 13.1. The molecule has 2 N–H and O–H groups in total. The summed E-state index contributed by atoms with van der Waals surface area (Å²) in [5.74, 6) is -1.43. The molecule has 7 heteroatoms. The average Bonchev–Trinajstić information content (AvgIpc) is 2.95. The Labute approximate surface area is 116 Å². The SMILES string of the molecule is O=C(O)c1[nH]cnc1C(=O)N1CCN2CCCCC2C1. The fourth-order valence-electron chi connectivity index (χ4n) is 3.11. The van der Waals surface area contributed by atoms with Crippen LogP contribution < -0.4 is 0 Å². The van der Waals surface area contributed by atoms with Crippen molar-refractivity contribution in [1.82, 2.24) is 19.8 Å². The van der Waals surface area contributed by atoms with Gasteiger partial charge < -0.3 is 15.0 Å². The molecule has 7 nitrogen and oxygen atoms in total. The number of imidazole rings is 1. The molecule has 3 heterocycles. The Morgan fingerprint density at radius 1 is 1.30 bits per heavy atom. The van der Waals surface area contributed by atoms with Gasteiger partial charge in [-0.15, -0.1) is 0 Å². The number of carboxylic acids is 1. The van der Waals surface area contributed by atoms with Crippen LogP contribution in [0.5, 0.6) is 0 Å². The number of nitrogens with zero attached hydrogens (tertiary/aromatic N) is 3. The van der Waals surface area contributed by atoms with Gasteiger partial charge in [0.1, 0.15) is 0 Å². The van der Waals surface area contributed by atoms with Crippen LogP contribution in [-0.2, 0) is 0 Å². The van der Waals surface area contributed by atoms with Gasteiger partial charge in [-0.25, -0.2) is 9.78 Å². The minimum absolute atomic E-state index is 0.0155. The lowest BCUT2D eigenvalue weighted by Gasteiger charge is -2.43. The van der Waals surface area contributed by atoms with Gasteiger partial charge in [-0.05, 0) is 19.4 Å². The van der Waals surface area contributed by atoms with Crippen LogP contribution in [0.2, 0.25) is 0 Å². The summed E-state index contributed by atoms with van der Waals surface area (Å²) in [7, 11) is 0. The van der Waals surface area contributed by atoms with E-state index in [0.717, 1.165) is 19.5 Å². The average molecular weight is 278 g/mol. The number of aromatic nitrogens is 2. The molecule has 0 aliphatic carbocycles. The molecule has 108 valence electrons. The Morgan fingerprint density at radius 2 is 2.15 bits per heavy atom. The number of hydrogen-bond acceptors (Lipinski definition) is 4. The fourth-order valence-corrected chi connectivity index (χ4v) is 3.11. The van der Waals surface area contributed by atoms with Crippen molar-refractivity contribution in [3.05, 3.63) is 17.7 Å². The molecule has 1 aromatic heterocycles. The van der Waals surface area contributed by atoms with Crippen molar-refractivity contribution in [2.45, 2.75) is 25.3 Å². The number of carbonyl (C=O) groups excluding carboxylic acids is 1. The van der Waals surface area contributed by atoms with E-state index in [4.69, 9.17) is 5.11 Å². The predicted molar refractivity (Wildman–Crippen MR) is 70.7 cm³/mol.